The van der Waals surface area contributed by atoms with Crippen molar-refractivity contribution in [3.63, 3.8) is 0 Å². The molecular weight excluding hydrogens is 280 g/mol. The maximum Gasteiger partial charge on any atom is 0.330 e. The molecule has 0 saturated heterocycles. The lowest BCUT2D eigenvalue weighted by Gasteiger charge is -2.40. The lowest BCUT2D eigenvalue weighted by atomic mass is 9.65. The zero-order valence-electron chi connectivity index (χ0n) is 14.1. The van der Waals surface area contributed by atoms with Crippen LogP contribution in [0.4, 0.5) is 0 Å². The summed E-state index contributed by atoms with van der Waals surface area (Å²) in [5.74, 6) is 0.0311. The molecule has 1 saturated carbocycles. The molecule has 1 aliphatic carbocycles. The molecule has 1 rings (SSSR count). The van der Waals surface area contributed by atoms with Gasteiger partial charge in [0.1, 0.15) is 12.7 Å². The van der Waals surface area contributed by atoms with Crippen molar-refractivity contribution in [3.8, 4) is 0 Å². The van der Waals surface area contributed by atoms with Crippen molar-refractivity contribution in [2.24, 2.45) is 11.3 Å². The maximum atomic E-state index is 11.6. The minimum absolute atomic E-state index is 0.175. The highest BCUT2D eigenvalue weighted by molar-refractivity contribution is 5.82. The molecule has 2 N–H and O–H groups in total. The van der Waals surface area contributed by atoms with Gasteiger partial charge in [-0.25, -0.2) is 4.79 Å². The highest BCUT2D eigenvalue weighted by Crippen LogP contribution is 2.45. The summed E-state index contributed by atoms with van der Waals surface area (Å²) < 4.78 is 4.88. The first kappa shape index (κ1) is 18.9. The zero-order valence-corrected chi connectivity index (χ0v) is 14.1. The molecule has 4 heteroatoms. The van der Waals surface area contributed by atoms with Gasteiger partial charge in [-0.05, 0) is 50.4 Å². The number of rotatable bonds is 7. The molecule has 0 aromatic heterocycles. The van der Waals surface area contributed by atoms with E-state index in [2.05, 4.69) is 20.4 Å². The van der Waals surface area contributed by atoms with E-state index >= 15 is 0 Å². The van der Waals surface area contributed by atoms with Gasteiger partial charge in [0, 0.05) is 6.08 Å². The Labute approximate surface area is 133 Å². The van der Waals surface area contributed by atoms with Crippen LogP contribution in [0.2, 0.25) is 0 Å². The molecule has 0 bridgehead atoms. The van der Waals surface area contributed by atoms with E-state index in [1.54, 1.807) is 0 Å². The lowest BCUT2D eigenvalue weighted by Crippen LogP contribution is -2.29. The van der Waals surface area contributed by atoms with Gasteiger partial charge in [-0.2, -0.15) is 0 Å². The summed E-state index contributed by atoms with van der Waals surface area (Å²) in [4.78, 5) is 11.6. The Bertz CT molecular complexity index is 423. The lowest BCUT2D eigenvalue weighted by molar-refractivity contribution is -0.141. The first-order valence-corrected chi connectivity index (χ1v) is 8.07. The number of carbonyl (C=O) groups is 1. The molecule has 4 nitrogen and oxygen atoms in total. The quantitative estimate of drug-likeness (QED) is 0.431. The summed E-state index contributed by atoms with van der Waals surface area (Å²) >= 11 is 0. The standard InChI is InChI=1S/C18H30O4/c1-13(10-17(21)22-12-15(20)11-19)7-8-16-14(2)6-5-9-18(16,3)4/h10,15-16,19-20H,2,5-9,11-12H2,1,3-4H3. The number of aliphatic hydroxyl groups is 2. The smallest absolute Gasteiger partial charge is 0.330 e. The molecule has 0 radical (unpaired) electrons. The Morgan fingerprint density at radius 3 is 2.82 bits per heavy atom. The fourth-order valence-electron chi connectivity index (χ4n) is 3.19. The second-order valence-corrected chi connectivity index (χ2v) is 7.05. The second kappa shape index (κ2) is 8.49. The molecule has 0 amide bonds. The van der Waals surface area contributed by atoms with Crippen LogP contribution in [-0.4, -0.2) is 35.5 Å². The predicted molar refractivity (Wildman–Crippen MR) is 87.3 cm³/mol. The third-order valence-electron chi connectivity index (χ3n) is 4.58. The van der Waals surface area contributed by atoms with Gasteiger partial charge in [0.15, 0.2) is 0 Å². The van der Waals surface area contributed by atoms with Crippen LogP contribution in [0.1, 0.15) is 52.9 Å². The van der Waals surface area contributed by atoms with Crippen LogP contribution in [0, 0.1) is 11.3 Å². The van der Waals surface area contributed by atoms with Crippen molar-refractivity contribution in [1.82, 2.24) is 0 Å². The zero-order chi connectivity index (χ0) is 16.8. The van der Waals surface area contributed by atoms with Gasteiger partial charge >= 0.3 is 5.97 Å². The van der Waals surface area contributed by atoms with Crippen LogP contribution in [-0.2, 0) is 9.53 Å². The van der Waals surface area contributed by atoms with Gasteiger partial charge in [0.05, 0.1) is 6.61 Å². The largest absolute Gasteiger partial charge is 0.460 e. The number of hydrogen-bond donors (Lipinski definition) is 2. The van der Waals surface area contributed by atoms with Crippen LogP contribution < -0.4 is 0 Å². The highest BCUT2D eigenvalue weighted by atomic mass is 16.5. The number of hydrogen-bond acceptors (Lipinski definition) is 4. The van der Waals surface area contributed by atoms with Gasteiger partial charge in [-0.3, -0.25) is 0 Å². The van der Waals surface area contributed by atoms with E-state index in [0.717, 1.165) is 24.8 Å². The van der Waals surface area contributed by atoms with E-state index in [-0.39, 0.29) is 12.0 Å². The molecule has 0 aromatic carbocycles. The number of carbonyl (C=O) groups excluding carboxylic acids is 1. The van der Waals surface area contributed by atoms with E-state index in [1.165, 1.54) is 24.5 Å². The Hall–Kier alpha value is -1.13. The van der Waals surface area contributed by atoms with Crippen molar-refractivity contribution in [2.75, 3.05) is 13.2 Å². The van der Waals surface area contributed by atoms with Crippen molar-refractivity contribution >= 4 is 5.97 Å². The average molecular weight is 310 g/mol. The van der Waals surface area contributed by atoms with Crippen LogP contribution in [0.5, 0.6) is 0 Å². The minimum atomic E-state index is -1.01. The topological polar surface area (TPSA) is 66.8 Å². The van der Waals surface area contributed by atoms with E-state index < -0.39 is 18.7 Å². The van der Waals surface area contributed by atoms with E-state index in [0.29, 0.717) is 5.92 Å². The molecule has 126 valence electrons. The molecule has 0 aliphatic heterocycles. The number of esters is 1. The van der Waals surface area contributed by atoms with Gasteiger partial charge in [0.2, 0.25) is 0 Å². The summed E-state index contributed by atoms with van der Waals surface area (Å²) in [6.45, 7) is 10.2. The van der Waals surface area contributed by atoms with Crippen LogP contribution >= 0.6 is 0 Å². The summed E-state index contributed by atoms with van der Waals surface area (Å²) in [7, 11) is 0. The highest BCUT2D eigenvalue weighted by Gasteiger charge is 2.33. The fraction of sp³-hybridized carbons (Fsp3) is 0.722. The van der Waals surface area contributed by atoms with Crippen molar-refractivity contribution in [1.29, 1.82) is 0 Å². The maximum absolute atomic E-state index is 11.6. The summed E-state index contributed by atoms with van der Waals surface area (Å²) in [5.41, 5.74) is 2.58. The Morgan fingerprint density at radius 1 is 1.55 bits per heavy atom. The third-order valence-corrected chi connectivity index (χ3v) is 4.58. The minimum Gasteiger partial charge on any atom is -0.460 e. The normalized spacial score (nSPS) is 23.2. The summed E-state index contributed by atoms with van der Waals surface area (Å²) in [6.07, 6.45) is 5.85. The van der Waals surface area contributed by atoms with Gasteiger partial charge in [-0.15, -0.1) is 0 Å². The van der Waals surface area contributed by atoms with E-state index in [4.69, 9.17) is 14.9 Å². The molecule has 2 unspecified atom stereocenters. The number of allylic oxidation sites excluding steroid dienone is 2. The number of aliphatic hydroxyl groups excluding tert-OH is 2. The third kappa shape index (κ3) is 5.93. The second-order valence-electron chi connectivity index (χ2n) is 7.05. The van der Waals surface area contributed by atoms with E-state index in [1.807, 2.05) is 6.92 Å². The molecule has 1 fully saturated rings. The Kier molecular flexibility index (Phi) is 7.30. The molecule has 22 heavy (non-hydrogen) atoms. The van der Waals surface area contributed by atoms with Crippen molar-refractivity contribution in [3.05, 3.63) is 23.8 Å². The molecule has 0 heterocycles. The molecule has 1 aliphatic rings. The molecule has 0 aromatic rings. The van der Waals surface area contributed by atoms with E-state index in [9.17, 15) is 4.79 Å². The molecule has 2 atom stereocenters. The fourth-order valence-corrected chi connectivity index (χ4v) is 3.19. The van der Waals surface area contributed by atoms with Crippen LogP contribution in [0.3, 0.4) is 0 Å². The first-order valence-electron chi connectivity index (χ1n) is 8.07. The van der Waals surface area contributed by atoms with Gasteiger partial charge in [0.25, 0.3) is 0 Å². The summed E-state index contributed by atoms with van der Waals surface area (Å²) in [5, 5.41) is 17.8. The van der Waals surface area contributed by atoms with Gasteiger partial charge < -0.3 is 14.9 Å². The van der Waals surface area contributed by atoms with Crippen LogP contribution in [0.15, 0.2) is 23.8 Å². The van der Waals surface area contributed by atoms with Crippen LogP contribution in [0.25, 0.3) is 0 Å². The monoisotopic (exact) mass is 310 g/mol. The molecular formula is C18H30O4. The Balaban J connectivity index is 2.47. The summed E-state index contributed by atoms with van der Waals surface area (Å²) in [6, 6.07) is 0. The predicted octanol–water partition coefficient (Wildman–Crippen LogP) is 2.99. The molecule has 0 spiro atoms. The van der Waals surface area contributed by atoms with Crippen molar-refractivity contribution < 1.29 is 19.7 Å². The average Bonchev–Trinajstić information content (AvgIpc) is 2.43. The number of ether oxygens (including phenoxy) is 1. The van der Waals surface area contributed by atoms with Crippen molar-refractivity contribution in [2.45, 2.75) is 59.0 Å². The van der Waals surface area contributed by atoms with Gasteiger partial charge in [-0.1, -0.05) is 31.6 Å². The Morgan fingerprint density at radius 2 is 2.23 bits per heavy atom. The first-order chi connectivity index (χ1) is 10.3. The SMILES string of the molecule is C=C1CCCC(C)(C)C1CCC(C)=CC(=O)OCC(O)CO.